The number of benzene rings is 7. The maximum absolute atomic E-state index is 5.93. The first-order valence-electron chi connectivity index (χ1n) is 15.1. The first-order chi connectivity index (χ1) is 22.3. The molecule has 210 valence electrons. The van der Waals surface area contributed by atoms with Crippen LogP contribution >= 0.6 is 0 Å². The number of pyridine rings is 1. The summed E-state index contributed by atoms with van der Waals surface area (Å²) in [7, 11) is 0. The molecule has 3 nitrogen and oxygen atoms in total. The van der Waals surface area contributed by atoms with Crippen LogP contribution in [0.4, 0.5) is 0 Å². The number of hydrogen-bond acceptors (Lipinski definition) is 3. The van der Waals surface area contributed by atoms with Gasteiger partial charge in [-0.05, 0) is 102 Å². The van der Waals surface area contributed by atoms with E-state index in [0.717, 1.165) is 22.2 Å². The van der Waals surface area contributed by atoms with Crippen molar-refractivity contribution in [1.29, 1.82) is 0 Å². The fraction of sp³-hybridized carbons (Fsp3) is 0. The quantitative estimate of drug-likeness (QED) is 0.196. The molecule has 0 unspecified atom stereocenters. The molecule has 0 aliphatic carbocycles. The van der Waals surface area contributed by atoms with Gasteiger partial charge in [0, 0.05) is 11.8 Å². The van der Waals surface area contributed by atoms with Crippen LogP contribution in [-0.2, 0) is 0 Å². The molecule has 0 saturated heterocycles. The zero-order valence-electron chi connectivity index (χ0n) is 24.3. The van der Waals surface area contributed by atoms with Crippen molar-refractivity contribution in [1.82, 2.24) is 9.97 Å². The van der Waals surface area contributed by atoms with E-state index in [1.165, 1.54) is 54.6 Å². The van der Waals surface area contributed by atoms with Crippen LogP contribution in [0.25, 0.3) is 88.4 Å². The number of hydrogen-bond donors (Lipinski definition) is 0. The van der Waals surface area contributed by atoms with Crippen LogP contribution < -0.4 is 0 Å². The summed E-state index contributed by atoms with van der Waals surface area (Å²) in [4.78, 5) is 8.92. The lowest BCUT2D eigenvalue weighted by molar-refractivity contribution is 0.608. The van der Waals surface area contributed by atoms with Crippen molar-refractivity contribution in [3.8, 4) is 44.8 Å². The molecule has 0 N–H and O–H groups in total. The third-order valence-corrected chi connectivity index (χ3v) is 8.77. The van der Waals surface area contributed by atoms with E-state index in [0.29, 0.717) is 11.6 Å². The third kappa shape index (κ3) is 4.37. The van der Waals surface area contributed by atoms with Gasteiger partial charge in [-0.25, -0.2) is 9.97 Å². The summed E-state index contributed by atoms with van der Waals surface area (Å²) >= 11 is 0. The Hall–Kier alpha value is -6.06. The molecule has 0 spiro atoms. The highest BCUT2D eigenvalue weighted by Crippen LogP contribution is 2.37. The Morgan fingerprint density at radius 2 is 0.844 bits per heavy atom. The molecule has 45 heavy (non-hydrogen) atoms. The second-order valence-electron chi connectivity index (χ2n) is 11.4. The van der Waals surface area contributed by atoms with E-state index in [-0.39, 0.29) is 0 Å². The van der Waals surface area contributed by atoms with Crippen LogP contribution in [0.1, 0.15) is 0 Å². The second kappa shape index (κ2) is 10.3. The minimum atomic E-state index is 0.550. The average Bonchev–Trinajstić information content (AvgIpc) is 3.57. The summed E-state index contributed by atoms with van der Waals surface area (Å²) in [6, 6.07) is 54.0. The molecule has 0 saturated carbocycles. The molecule has 3 heteroatoms. The van der Waals surface area contributed by atoms with Crippen molar-refractivity contribution >= 4 is 43.5 Å². The van der Waals surface area contributed by atoms with Crippen LogP contribution in [0.3, 0.4) is 0 Å². The number of aromatic nitrogens is 2. The second-order valence-corrected chi connectivity index (χ2v) is 11.4. The maximum atomic E-state index is 5.93. The van der Waals surface area contributed by atoms with Gasteiger partial charge in [0.15, 0.2) is 0 Å². The van der Waals surface area contributed by atoms with Gasteiger partial charge in [0.05, 0.1) is 0 Å². The molecule has 7 aromatic carbocycles. The molecule has 2 aromatic heterocycles. The predicted octanol–water partition coefficient (Wildman–Crippen LogP) is 11.4. The summed E-state index contributed by atoms with van der Waals surface area (Å²) in [5, 5.41) is 7.76. The first kappa shape index (κ1) is 25.4. The zero-order valence-corrected chi connectivity index (χ0v) is 24.3. The highest BCUT2D eigenvalue weighted by atomic mass is 16.4. The van der Waals surface area contributed by atoms with Crippen molar-refractivity contribution in [3.63, 3.8) is 0 Å². The van der Waals surface area contributed by atoms with E-state index in [2.05, 4.69) is 137 Å². The van der Waals surface area contributed by atoms with Crippen LogP contribution in [-0.4, -0.2) is 9.97 Å². The molecule has 0 bridgehead atoms. The largest absolute Gasteiger partial charge is 0.418 e. The van der Waals surface area contributed by atoms with Crippen LogP contribution in [0, 0.1) is 0 Å². The molecule has 9 rings (SSSR count). The lowest BCUT2D eigenvalue weighted by atomic mass is 9.91. The van der Waals surface area contributed by atoms with E-state index in [9.17, 15) is 0 Å². The lowest BCUT2D eigenvalue weighted by Gasteiger charge is -2.12. The van der Waals surface area contributed by atoms with Gasteiger partial charge < -0.3 is 4.42 Å². The van der Waals surface area contributed by atoms with E-state index in [4.69, 9.17) is 4.42 Å². The SMILES string of the molecule is c1cc(-c2ccc(-c3ccc4c5ccccc5c5ccccc5c4c3)cc2)cc(-c2cccc(-c3nc4cccnc4o3)c2)c1. The molecule has 0 radical (unpaired) electrons. The number of rotatable bonds is 4. The molecule has 0 atom stereocenters. The molecule has 0 aliphatic heterocycles. The Bertz CT molecular complexity index is 2470. The van der Waals surface area contributed by atoms with Crippen LogP contribution in [0.2, 0.25) is 0 Å². The summed E-state index contributed by atoms with van der Waals surface area (Å²) in [5.74, 6) is 0.576. The monoisotopic (exact) mass is 574 g/mol. The smallest absolute Gasteiger partial charge is 0.247 e. The van der Waals surface area contributed by atoms with Crippen molar-refractivity contribution in [3.05, 3.63) is 158 Å². The van der Waals surface area contributed by atoms with Gasteiger partial charge in [-0.15, -0.1) is 0 Å². The van der Waals surface area contributed by atoms with Gasteiger partial charge in [-0.1, -0.05) is 115 Å². The van der Waals surface area contributed by atoms with Gasteiger partial charge in [-0.3, -0.25) is 0 Å². The minimum absolute atomic E-state index is 0.550. The van der Waals surface area contributed by atoms with Crippen molar-refractivity contribution < 1.29 is 4.42 Å². The highest BCUT2D eigenvalue weighted by Gasteiger charge is 2.12. The van der Waals surface area contributed by atoms with E-state index in [1.807, 2.05) is 24.3 Å². The average molecular weight is 575 g/mol. The van der Waals surface area contributed by atoms with E-state index in [1.54, 1.807) is 6.20 Å². The predicted molar refractivity (Wildman–Crippen MR) is 186 cm³/mol. The fourth-order valence-electron chi connectivity index (χ4n) is 6.55. The van der Waals surface area contributed by atoms with Crippen molar-refractivity contribution in [2.75, 3.05) is 0 Å². The number of nitrogens with zero attached hydrogens (tertiary/aromatic N) is 2. The first-order valence-corrected chi connectivity index (χ1v) is 15.1. The third-order valence-electron chi connectivity index (χ3n) is 8.77. The molecule has 2 heterocycles. The Balaban J connectivity index is 1.06. The Labute approximate surface area is 260 Å². The topological polar surface area (TPSA) is 38.9 Å². The van der Waals surface area contributed by atoms with Gasteiger partial charge in [0.1, 0.15) is 5.52 Å². The molecule has 0 amide bonds. The Morgan fingerprint density at radius 3 is 1.47 bits per heavy atom. The number of fused-ring (bicyclic) bond motifs is 7. The molecular formula is C42H26N2O. The molecule has 9 aromatic rings. The summed E-state index contributed by atoms with van der Waals surface area (Å²) < 4.78 is 5.93. The Kier molecular flexibility index (Phi) is 5.82. The van der Waals surface area contributed by atoms with Crippen LogP contribution in [0.15, 0.2) is 162 Å². The van der Waals surface area contributed by atoms with E-state index < -0.39 is 0 Å². The summed E-state index contributed by atoms with van der Waals surface area (Å²) in [6.07, 6.45) is 1.72. The standard InChI is InChI=1S/C42H26N2O/c1-2-14-36-34(12-1)35-13-3-4-15-37(35)39-26-32(21-22-38(36)39)28-19-17-27(18-20-28)29-8-5-9-30(24-29)31-10-6-11-33(25-31)41-44-40-16-7-23-43-42(40)45-41/h1-26H. The summed E-state index contributed by atoms with van der Waals surface area (Å²) in [5.41, 5.74) is 9.26. The van der Waals surface area contributed by atoms with Gasteiger partial charge >= 0.3 is 0 Å². The minimum Gasteiger partial charge on any atom is -0.418 e. The molecule has 0 fully saturated rings. The van der Waals surface area contributed by atoms with Gasteiger partial charge in [0.25, 0.3) is 0 Å². The van der Waals surface area contributed by atoms with Crippen molar-refractivity contribution in [2.45, 2.75) is 0 Å². The molecule has 0 aliphatic rings. The zero-order chi connectivity index (χ0) is 29.7. The lowest BCUT2D eigenvalue weighted by Crippen LogP contribution is -1.86. The van der Waals surface area contributed by atoms with Crippen LogP contribution in [0.5, 0.6) is 0 Å². The van der Waals surface area contributed by atoms with Crippen molar-refractivity contribution in [2.24, 2.45) is 0 Å². The number of oxazole rings is 1. The Morgan fingerprint density at radius 1 is 0.356 bits per heavy atom. The van der Waals surface area contributed by atoms with Gasteiger partial charge in [0.2, 0.25) is 11.6 Å². The fourth-order valence-corrected chi connectivity index (χ4v) is 6.55. The van der Waals surface area contributed by atoms with Gasteiger partial charge in [-0.2, -0.15) is 0 Å². The molecular weight excluding hydrogens is 548 g/mol. The van der Waals surface area contributed by atoms with E-state index >= 15 is 0 Å². The summed E-state index contributed by atoms with van der Waals surface area (Å²) in [6.45, 7) is 0. The normalized spacial score (nSPS) is 11.6. The highest BCUT2D eigenvalue weighted by molar-refractivity contribution is 6.25. The maximum Gasteiger partial charge on any atom is 0.247 e.